The number of ether oxygens (including phenoxy) is 1. The molecule has 3 N–H and O–H groups in total. The molecule has 1 unspecified atom stereocenters. The summed E-state index contributed by atoms with van der Waals surface area (Å²) in [6, 6.07) is 7.86. The van der Waals surface area contributed by atoms with E-state index in [1.165, 1.54) is 11.3 Å². The summed E-state index contributed by atoms with van der Waals surface area (Å²) in [5.74, 6) is 1.20. The van der Waals surface area contributed by atoms with Crippen LogP contribution in [-0.4, -0.2) is 37.9 Å². The molecule has 0 saturated heterocycles. The third-order valence-electron chi connectivity index (χ3n) is 7.16. The molecule has 0 radical (unpaired) electrons. The van der Waals surface area contributed by atoms with Crippen LogP contribution in [0.3, 0.4) is 0 Å². The van der Waals surface area contributed by atoms with Gasteiger partial charge in [0, 0.05) is 34.1 Å². The Hall–Kier alpha value is -2.87. The molecule has 1 atom stereocenters. The zero-order valence-electron chi connectivity index (χ0n) is 20.2. The molecule has 1 heterocycles. The van der Waals surface area contributed by atoms with Gasteiger partial charge < -0.3 is 20.7 Å². The third kappa shape index (κ3) is 5.86. The van der Waals surface area contributed by atoms with Crippen LogP contribution >= 0.6 is 11.3 Å². The number of thiophene rings is 1. The van der Waals surface area contributed by atoms with Crippen LogP contribution in [-0.2, 0) is 28.9 Å². The van der Waals surface area contributed by atoms with E-state index in [2.05, 4.69) is 16.0 Å². The number of hydrogen-bond acceptors (Lipinski definition) is 5. The van der Waals surface area contributed by atoms with Crippen molar-refractivity contribution in [3.63, 3.8) is 0 Å². The molecule has 3 aliphatic rings. The van der Waals surface area contributed by atoms with Gasteiger partial charge in [0.25, 0.3) is 5.91 Å². The lowest BCUT2D eigenvalue weighted by molar-refractivity contribution is -0.125. The number of anilines is 1. The quantitative estimate of drug-likeness (QED) is 0.448. The van der Waals surface area contributed by atoms with E-state index in [9.17, 15) is 14.4 Å². The Balaban J connectivity index is 0.00000169. The highest BCUT2D eigenvalue weighted by Crippen LogP contribution is 2.41. The van der Waals surface area contributed by atoms with E-state index in [4.69, 9.17) is 4.74 Å². The van der Waals surface area contributed by atoms with E-state index in [0.717, 1.165) is 66.7 Å². The zero-order chi connectivity index (χ0) is 24.4. The smallest absolute Gasteiger partial charge is 0.254 e. The van der Waals surface area contributed by atoms with E-state index < -0.39 is 0 Å². The number of carbonyl (C=O) groups excluding carboxylic acids is 3. The number of methoxy groups -OCH3 is 1. The van der Waals surface area contributed by atoms with Crippen molar-refractivity contribution in [1.82, 2.24) is 10.6 Å². The number of carbonyl (C=O) groups is 3. The van der Waals surface area contributed by atoms with Gasteiger partial charge in [-0.1, -0.05) is 12.1 Å². The summed E-state index contributed by atoms with van der Waals surface area (Å²) < 4.78 is 5.19. The SMILES string of the molecule is COc1ccc(CCNC(=O)C2CCc3sc(NC(=O)C4CC4)c(C(=O)NCC4CC4)c3C2)cc1.[HH].[HH].[HH]. The van der Waals surface area contributed by atoms with Crippen LogP contribution in [0.15, 0.2) is 24.3 Å². The van der Waals surface area contributed by atoms with Gasteiger partial charge in [0.2, 0.25) is 11.8 Å². The van der Waals surface area contributed by atoms with Crippen molar-refractivity contribution in [2.75, 3.05) is 25.5 Å². The minimum Gasteiger partial charge on any atom is -0.497 e. The Morgan fingerprint density at radius 3 is 2.46 bits per heavy atom. The number of aryl methyl sites for hydroxylation is 1. The van der Waals surface area contributed by atoms with Gasteiger partial charge in [0.1, 0.15) is 10.8 Å². The number of hydrogen-bond donors (Lipinski definition) is 3. The highest BCUT2D eigenvalue weighted by atomic mass is 32.1. The number of amides is 3. The Morgan fingerprint density at radius 1 is 1.00 bits per heavy atom. The van der Waals surface area contributed by atoms with E-state index in [-0.39, 0.29) is 33.8 Å². The summed E-state index contributed by atoms with van der Waals surface area (Å²) in [5, 5.41) is 9.83. The minimum atomic E-state index is -0.171. The van der Waals surface area contributed by atoms with Crippen molar-refractivity contribution in [3.05, 3.63) is 45.8 Å². The van der Waals surface area contributed by atoms with Crippen LogP contribution in [0, 0.1) is 17.8 Å². The lowest BCUT2D eigenvalue weighted by Gasteiger charge is -2.22. The first-order chi connectivity index (χ1) is 17.0. The molecule has 0 aliphatic heterocycles. The van der Waals surface area contributed by atoms with Gasteiger partial charge in [-0.2, -0.15) is 0 Å². The second-order valence-corrected chi connectivity index (χ2v) is 11.1. The monoisotopic (exact) mass is 501 g/mol. The van der Waals surface area contributed by atoms with Gasteiger partial charge in [-0.25, -0.2) is 0 Å². The minimum absolute atomic E-state index is 0. The highest BCUT2D eigenvalue weighted by Gasteiger charge is 2.35. The molecule has 1 aromatic carbocycles. The molecule has 0 bridgehead atoms. The molecule has 5 rings (SSSR count). The molecule has 2 aromatic rings. The lowest BCUT2D eigenvalue weighted by Crippen LogP contribution is -2.35. The molecular weight excluding hydrogens is 462 g/mol. The third-order valence-corrected chi connectivity index (χ3v) is 8.37. The Kier molecular flexibility index (Phi) is 7.09. The Bertz CT molecular complexity index is 1120. The van der Waals surface area contributed by atoms with Crippen LogP contribution in [0.4, 0.5) is 5.00 Å². The summed E-state index contributed by atoms with van der Waals surface area (Å²) in [5.41, 5.74) is 2.66. The average molecular weight is 502 g/mol. The summed E-state index contributed by atoms with van der Waals surface area (Å²) in [4.78, 5) is 39.8. The summed E-state index contributed by atoms with van der Waals surface area (Å²) in [7, 11) is 1.64. The number of nitrogens with one attached hydrogen (secondary N) is 3. The maximum absolute atomic E-state index is 13.2. The summed E-state index contributed by atoms with van der Waals surface area (Å²) >= 11 is 1.51. The first-order valence-corrected chi connectivity index (χ1v) is 13.5. The molecular formula is C27H39N3O4S. The van der Waals surface area contributed by atoms with Crippen LogP contribution in [0.1, 0.15) is 62.7 Å². The first-order valence-electron chi connectivity index (χ1n) is 12.7. The molecule has 35 heavy (non-hydrogen) atoms. The van der Waals surface area contributed by atoms with Crippen molar-refractivity contribution in [3.8, 4) is 5.75 Å². The predicted octanol–water partition coefficient (Wildman–Crippen LogP) is 4.45. The molecule has 192 valence electrons. The van der Waals surface area contributed by atoms with Crippen molar-refractivity contribution >= 4 is 34.1 Å². The second-order valence-electron chi connectivity index (χ2n) is 9.95. The molecule has 3 aliphatic carbocycles. The van der Waals surface area contributed by atoms with E-state index in [1.807, 2.05) is 24.3 Å². The van der Waals surface area contributed by atoms with Crippen molar-refractivity contribution in [2.24, 2.45) is 17.8 Å². The van der Waals surface area contributed by atoms with Gasteiger partial charge in [-0.15, -0.1) is 11.3 Å². The van der Waals surface area contributed by atoms with E-state index >= 15 is 0 Å². The van der Waals surface area contributed by atoms with Crippen molar-refractivity contribution in [1.29, 1.82) is 0 Å². The summed E-state index contributed by atoms with van der Waals surface area (Å²) in [6.07, 6.45) is 6.93. The lowest BCUT2D eigenvalue weighted by atomic mass is 9.85. The largest absolute Gasteiger partial charge is 0.497 e. The van der Waals surface area contributed by atoms with Gasteiger partial charge in [0.05, 0.1) is 12.7 Å². The fourth-order valence-electron chi connectivity index (χ4n) is 4.61. The second kappa shape index (κ2) is 10.4. The first kappa shape index (κ1) is 23.9. The van der Waals surface area contributed by atoms with Gasteiger partial charge in [-0.3, -0.25) is 14.4 Å². The standard InChI is InChI=1S/C27H33N3O4S.3H2/c1-34-20-9-4-16(5-10-20)12-13-28-24(31)19-8-11-22-21(14-19)23(26(33)29-15-17-2-3-17)27(35-22)30-25(32)18-6-7-18;;;/h4-5,9-10,17-19H,2-3,6-8,11-15H2,1H3,(H,28,31)(H,29,33)(H,30,32);3*1H. The van der Waals surface area contributed by atoms with E-state index in [1.54, 1.807) is 7.11 Å². The fraction of sp³-hybridized carbons (Fsp3) is 0.519. The predicted molar refractivity (Wildman–Crippen MR) is 142 cm³/mol. The number of fused-ring (bicyclic) bond motifs is 1. The fourth-order valence-corrected chi connectivity index (χ4v) is 5.85. The van der Waals surface area contributed by atoms with Crippen molar-refractivity contribution in [2.45, 2.75) is 51.4 Å². The van der Waals surface area contributed by atoms with Gasteiger partial charge >= 0.3 is 0 Å². The molecule has 2 fully saturated rings. The molecule has 0 spiro atoms. The topological polar surface area (TPSA) is 96.5 Å². The zero-order valence-corrected chi connectivity index (χ0v) is 21.0. The Morgan fingerprint density at radius 2 is 1.77 bits per heavy atom. The maximum atomic E-state index is 13.2. The van der Waals surface area contributed by atoms with Crippen LogP contribution in [0.5, 0.6) is 5.75 Å². The van der Waals surface area contributed by atoms with Gasteiger partial charge in [0.15, 0.2) is 0 Å². The molecule has 1 aromatic heterocycles. The number of benzene rings is 1. The van der Waals surface area contributed by atoms with Crippen LogP contribution in [0.25, 0.3) is 0 Å². The molecule has 7 nitrogen and oxygen atoms in total. The van der Waals surface area contributed by atoms with Gasteiger partial charge in [-0.05, 0) is 80.5 Å². The van der Waals surface area contributed by atoms with Crippen molar-refractivity contribution < 1.29 is 23.4 Å². The van der Waals surface area contributed by atoms with E-state index in [0.29, 0.717) is 36.0 Å². The van der Waals surface area contributed by atoms with Crippen LogP contribution < -0.4 is 20.7 Å². The molecule has 2 saturated carbocycles. The average Bonchev–Trinajstić information content (AvgIpc) is 3.79. The van der Waals surface area contributed by atoms with Crippen LogP contribution in [0.2, 0.25) is 0 Å². The number of rotatable bonds is 10. The molecule has 8 heteroatoms. The molecule has 3 amide bonds. The Labute approximate surface area is 214 Å². The normalized spacial score (nSPS) is 18.9. The highest BCUT2D eigenvalue weighted by molar-refractivity contribution is 7.17. The summed E-state index contributed by atoms with van der Waals surface area (Å²) in [6.45, 7) is 1.24. The maximum Gasteiger partial charge on any atom is 0.254 e.